The number of nitro groups is 1. The van der Waals surface area contributed by atoms with Crippen LogP contribution in [0.4, 0.5) is 16.7 Å². The highest BCUT2D eigenvalue weighted by Crippen LogP contribution is 2.33. The third kappa shape index (κ3) is 6.26. The first kappa shape index (κ1) is 24.9. The Hall–Kier alpha value is -4.22. The van der Waals surface area contributed by atoms with Crippen LogP contribution in [0.3, 0.4) is 0 Å². The first-order chi connectivity index (χ1) is 17.4. The molecule has 0 bridgehead atoms. The largest absolute Gasteiger partial charge is 0.497 e. The molecule has 2 heterocycles. The van der Waals surface area contributed by atoms with E-state index < -0.39 is 10.8 Å². The Balaban J connectivity index is 1.46. The molecule has 36 heavy (non-hydrogen) atoms. The molecule has 4 rings (SSSR count). The monoisotopic (exact) mass is 525 g/mol. The first-order valence-electron chi connectivity index (χ1n) is 10.6. The van der Waals surface area contributed by atoms with E-state index in [2.05, 4.69) is 10.5 Å². The third-order valence-corrected chi connectivity index (χ3v) is 6.10. The number of anilines is 2. The van der Waals surface area contributed by atoms with E-state index in [0.29, 0.717) is 22.4 Å². The number of amides is 1. The Kier molecular flexibility index (Phi) is 7.93. The highest BCUT2D eigenvalue weighted by Gasteiger charge is 2.16. The zero-order chi connectivity index (χ0) is 25.5. The van der Waals surface area contributed by atoms with Gasteiger partial charge in [0, 0.05) is 34.6 Å². The van der Waals surface area contributed by atoms with Crippen LogP contribution in [0.25, 0.3) is 11.3 Å². The van der Waals surface area contributed by atoms with E-state index >= 15 is 0 Å². The number of rotatable bonds is 10. The van der Waals surface area contributed by atoms with Gasteiger partial charge in [-0.25, -0.2) is 10.4 Å². The molecule has 10 nitrogen and oxygen atoms in total. The molecule has 1 N–H and O–H groups in total. The summed E-state index contributed by atoms with van der Waals surface area (Å²) in [6.07, 6.45) is 1.31. The number of benzene rings is 2. The van der Waals surface area contributed by atoms with Gasteiger partial charge in [0.2, 0.25) is 5.91 Å². The van der Waals surface area contributed by atoms with E-state index in [1.54, 1.807) is 7.11 Å². The van der Waals surface area contributed by atoms with E-state index in [9.17, 15) is 14.9 Å². The number of nitrogens with zero attached hydrogens (tertiary/aromatic N) is 4. The minimum absolute atomic E-state index is 0.109. The molecule has 0 saturated heterocycles. The lowest BCUT2D eigenvalue weighted by Crippen LogP contribution is -2.26. The second-order valence-corrected chi connectivity index (χ2v) is 8.62. The minimum Gasteiger partial charge on any atom is -0.497 e. The van der Waals surface area contributed by atoms with E-state index in [-0.39, 0.29) is 18.1 Å². The number of halogens is 1. The molecule has 0 saturated carbocycles. The van der Waals surface area contributed by atoms with Crippen LogP contribution in [0.15, 0.2) is 75.6 Å². The average molecular weight is 526 g/mol. The van der Waals surface area contributed by atoms with Crippen LogP contribution in [0, 0.1) is 10.1 Å². The molecule has 0 aliphatic carbocycles. The smallest absolute Gasteiger partial charge is 0.433 e. The Morgan fingerprint density at radius 3 is 2.64 bits per heavy atom. The average Bonchev–Trinajstić information content (AvgIpc) is 3.56. The van der Waals surface area contributed by atoms with Crippen LogP contribution in [0.1, 0.15) is 12.2 Å². The predicted molar refractivity (Wildman–Crippen MR) is 138 cm³/mol. The molecule has 0 fully saturated rings. The predicted octanol–water partition coefficient (Wildman–Crippen LogP) is 5.65. The fourth-order valence-corrected chi connectivity index (χ4v) is 4.19. The van der Waals surface area contributed by atoms with Gasteiger partial charge in [-0.1, -0.05) is 23.7 Å². The van der Waals surface area contributed by atoms with Crippen molar-refractivity contribution in [2.24, 2.45) is 5.10 Å². The zero-order valence-corrected chi connectivity index (χ0v) is 20.5. The van der Waals surface area contributed by atoms with Crippen LogP contribution < -0.4 is 15.1 Å². The molecular formula is C24H20ClN5O5S. The molecule has 0 unspecified atom stereocenters. The summed E-state index contributed by atoms with van der Waals surface area (Å²) in [4.78, 5) is 29.2. The number of methoxy groups -OCH3 is 1. The molecule has 4 aromatic rings. The number of hydrogen-bond donors (Lipinski definition) is 1. The fourth-order valence-electron chi connectivity index (χ4n) is 3.19. The zero-order valence-electron chi connectivity index (χ0n) is 19.0. The molecule has 1 amide bonds. The van der Waals surface area contributed by atoms with Crippen molar-refractivity contribution < 1.29 is 18.9 Å². The lowest BCUT2D eigenvalue weighted by atomic mass is 10.2. The molecule has 0 aliphatic heterocycles. The highest BCUT2D eigenvalue weighted by molar-refractivity contribution is 7.14. The van der Waals surface area contributed by atoms with E-state index in [0.717, 1.165) is 16.9 Å². The Morgan fingerprint density at radius 1 is 1.22 bits per heavy atom. The Bertz CT molecular complexity index is 1370. The third-order valence-electron chi connectivity index (χ3n) is 4.98. The van der Waals surface area contributed by atoms with Gasteiger partial charge in [0.05, 0.1) is 25.1 Å². The van der Waals surface area contributed by atoms with Gasteiger partial charge < -0.3 is 14.1 Å². The summed E-state index contributed by atoms with van der Waals surface area (Å²) >= 11 is 7.45. The van der Waals surface area contributed by atoms with Crippen molar-refractivity contribution in [1.29, 1.82) is 0 Å². The van der Waals surface area contributed by atoms with Gasteiger partial charge in [-0.2, -0.15) is 5.10 Å². The van der Waals surface area contributed by atoms with Crippen LogP contribution in [-0.4, -0.2) is 35.7 Å². The molecule has 184 valence electrons. The van der Waals surface area contributed by atoms with E-state index in [4.69, 9.17) is 25.7 Å². The Labute approximate surface area is 214 Å². The molecular weight excluding hydrogens is 506 g/mol. The maximum absolute atomic E-state index is 12.4. The standard InChI is InChI=1S/C24H20ClN5O5S/c1-34-19-8-6-18(7-9-19)29(24-27-21(15-36-24)16-2-4-17(25)5-3-16)13-12-22(31)28-26-14-20-10-11-23(35-20)30(32)33/h2-11,14-15H,12-13H2,1H3,(H,28,31)/b26-14+. The second kappa shape index (κ2) is 11.5. The van der Waals surface area contributed by atoms with Crippen molar-refractivity contribution in [1.82, 2.24) is 10.4 Å². The van der Waals surface area contributed by atoms with Gasteiger partial charge >= 0.3 is 5.88 Å². The van der Waals surface area contributed by atoms with Gasteiger partial charge in [0.25, 0.3) is 0 Å². The maximum Gasteiger partial charge on any atom is 0.433 e. The quantitative estimate of drug-likeness (QED) is 0.161. The molecule has 2 aromatic heterocycles. The van der Waals surface area contributed by atoms with Crippen LogP contribution in [-0.2, 0) is 4.79 Å². The lowest BCUT2D eigenvalue weighted by molar-refractivity contribution is -0.402. The lowest BCUT2D eigenvalue weighted by Gasteiger charge is -2.22. The van der Waals surface area contributed by atoms with Gasteiger partial charge in [-0.3, -0.25) is 14.9 Å². The van der Waals surface area contributed by atoms with Crippen molar-refractivity contribution in [2.75, 3.05) is 18.6 Å². The first-order valence-corrected chi connectivity index (χ1v) is 11.9. The van der Waals surface area contributed by atoms with Gasteiger partial charge in [0.1, 0.15) is 10.7 Å². The van der Waals surface area contributed by atoms with Gasteiger partial charge in [-0.05, 0) is 42.5 Å². The number of carbonyl (C=O) groups excluding carboxylic acids is 1. The summed E-state index contributed by atoms with van der Waals surface area (Å²) in [7, 11) is 1.60. The number of carbonyl (C=O) groups is 1. The molecule has 0 atom stereocenters. The van der Waals surface area contributed by atoms with Gasteiger partial charge in [-0.15, -0.1) is 11.3 Å². The van der Waals surface area contributed by atoms with Gasteiger partial charge in [0.15, 0.2) is 10.9 Å². The normalized spacial score (nSPS) is 10.9. The number of thiazole rings is 1. The van der Waals surface area contributed by atoms with Crippen molar-refractivity contribution in [2.45, 2.75) is 6.42 Å². The summed E-state index contributed by atoms with van der Waals surface area (Å²) in [5.41, 5.74) is 4.98. The fraction of sp³-hybridized carbons (Fsp3) is 0.125. The summed E-state index contributed by atoms with van der Waals surface area (Å²) < 4.78 is 10.2. The summed E-state index contributed by atoms with van der Waals surface area (Å²) in [5, 5.41) is 17.8. The molecule has 0 spiro atoms. The van der Waals surface area contributed by atoms with Crippen LogP contribution >= 0.6 is 22.9 Å². The van der Waals surface area contributed by atoms with Crippen molar-refractivity contribution >= 4 is 51.8 Å². The molecule has 0 aliphatic rings. The van der Waals surface area contributed by atoms with E-state index in [1.807, 2.05) is 58.8 Å². The topological polar surface area (TPSA) is 123 Å². The Morgan fingerprint density at radius 2 is 1.97 bits per heavy atom. The maximum atomic E-state index is 12.4. The number of ether oxygens (including phenoxy) is 1. The molecule has 12 heteroatoms. The highest BCUT2D eigenvalue weighted by atomic mass is 35.5. The second-order valence-electron chi connectivity index (χ2n) is 7.35. The number of nitrogens with one attached hydrogen (secondary N) is 1. The number of furan rings is 1. The number of hydrogen-bond acceptors (Lipinski definition) is 9. The SMILES string of the molecule is COc1ccc(N(CCC(=O)N/N=C/c2ccc([N+](=O)[O-])o2)c2nc(-c3ccc(Cl)cc3)cs2)cc1. The number of hydrazone groups is 1. The summed E-state index contributed by atoms with van der Waals surface area (Å²) in [6.45, 7) is 0.327. The van der Waals surface area contributed by atoms with E-state index in [1.165, 1.54) is 29.7 Å². The summed E-state index contributed by atoms with van der Waals surface area (Å²) in [6, 6.07) is 17.5. The van der Waals surface area contributed by atoms with Crippen molar-refractivity contribution in [3.8, 4) is 17.0 Å². The van der Waals surface area contributed by atoms with Crippen molar-refractivity contribution in [3.63, 3.8) is 0 Å². The van der Waals surface area contributed by atoms with Crippen LogP contribution in [0.2, 0.25) is 5.02 Å². The van der Waals surface area contributed by atoms with Crippen LogP contribution in [0.5, 0.6) is 5.75 Å². The minimum atomic E-state index is -0.652. The summed E-state index contributed by atoms with van der Waals surface area (Å²) in [5.74, 6) is 0.115. The van der Waals surface area contributed by atoms with Crippen molar-refractivity contribution in [3.05, 3.63) is 86.9 Å². The number of aromatic nitrogens is 1. The molecule has 0 radical (unpaired) electrons. The molecule has 2 aromatic carbocycles.